The number of carbonyl (C=O) groups is 1. The summed E-state index contributed by atoms with van der Waals surface area (Å²) in [5, 5.41) is 12.1. The number of rotatable bonds is 9. The molecule has 1 amide bonds. The number of nitrogens with one attached hydrogen (secondary N) is 2. The fourth-order valence-electron chi connectivity index (χ4n) is 4.76. The van der Waals surface area contributed by atoms with Crippen molar-refractivity contribution in [3.05, 3.63) is 34.7 Å². The highest BCUT2D eigenvalue weighted by molar-refractivity contribution is 6.04. The lowest BCUT2D eigenvalue weighted by Crippen LogP contribution is -2.36. The largest absolute Gasteiger partial charge is 0.497 e. The lowest BCUT2D eigenvalue weighted by Gasteiger charge is -2.21. The van der Waals surface area contributed by atoms with Crippen LogP contribution < -0.4 is 20.9 Å². The van der Waals surface area contributed by atoms with Crippen molar-refractivity contribution in [1.29, 1.82) is 0 Å². The van der Waals surface area contributed by atoms with Crippen LogP contribution in [0.15, 0.2) is 29.2 Å². The number of hydrogen-bond acceptors (Lipinski definition) is 5. The van der Waals surface area contributed by atoms with E-state index in [0.29, 0.717) is 29.7 Å². The molecule has 1 saturated carbocycles. The zero-order chi connectivity index (χ0) is 22.5. The quantitative estimate of drug-likeness (QED) is 0.501. The molecule has 0 radical (unpaired) electrons. The fourth-order valence-corrected chi connectivity index (χ4v) is 4.76. The van der Waals surface area contributed by atoms with Gasteiger partial charge < -0.3 is 19.9 Å². The van der Waals surface area contributed by atoms with Crippen molar-refractivity contribution in [2.45, 2.75) is 52.1 Å². The van der Waals surface area contributed by atoms with Crippen LogP contribution in [0.25, 0.3) is 21.8 Å². The van der Waals surface area contributed by atoms with E-state index in [0.717, 1.165) is 29.9 Å². The molecule has 172 valence electrons. The van der Waals surface area contributed by atoms with Gasteiger partial charge in [0.25, 0.3) is 5.56 Å². The Labute approximate surface area is 187 Å². The number of methoxy groups -OCH3 is 1. The molecule has 8 heteroatoms. The summed E-state index contributed by atoms with van der Waals surface area (Å²) in [6, 6.07) is 5.62. The minimum atomic E-state index is -0.120. The van der Waals surface area contributed by atoms with Gasteiger partial charge in [-0.15, -0.1) is 0 Å². The first-order chi connectivity index (χ1) is 15.6. The lowest BCUT2D eigenvalue weighted by molar-refractivity contribution is -0.121. The SMILES string of the molecule is CCn1c(=O)c2cnn(CC(=O)NCCNCC3CCCCC3)c2c2cc(OC)ccc21. The van der Waals surface area contributed by atoms with E-state index in [9.17, 15) is 9.59 Å². The highest BCUT2D eigenvalue weighted by atomic mass is 16.5. The highest BCUT2D eigenvalue weighted by Gasteiger charge is 2.17. The summed E-state index contributed by atoms with van der Waals surface area (Å²) in [5.41, 5.74) is 1.37. The molecule has 0 unspecified atom stereocenters. The van der Waals surface area contributed by atoms with Gasteiger partial charge in [0.15, 0.2) is 0 Å². The van der Waals surface area contributed by atoms with Crippen molar-refractivity contribution in [2.24, 2.45) is 5.92 Å². The molecule has 1 aromatic carbocycles. The van der Waals surface area contributed by atoms with E-state index in [2.05, 4.69) is 15.7 Å². The average Bonchev–Trinajstić information content (AvgIpc) is 3.23. The van der Waals surface area contributed by atoms with Crippen molar-refractivity contribution >= 4 is 27.7 Å². The Morgan fingerprint density at radius 1 is 1.19 bits per heavy atom. The molecule has 0 aliphatic heterocycles. The van der Waals surface area contributed by atoms with Gasteiger partial charge in [-0.05, 0) is 50.4 Å². The van der Waals surface area contributed by atoms with Gasteiger partial charge in [-0.3, -0.25) is 14.3 Å². The van der Waals surface area contributed by atoms with E-state index in [4.69, 9.17) is 4.74 Å². The third-order valence-electron chi connectivity index (χ3n) is 6.46. The molecule has 8 nitrogen and oxygen atoms in total. The van der Waals surface area contributed by atoms with E-state index in [1.165, 1.54) is 32.1 Å². The Morgan fingerprint density at radius 3 is 2.75 bits per heavy atom. The molecule has 1 aliphatic rings. The maximum absolute atomic E-state index is 13.0. The normalized spacial score (nSPS) is 14.8. The number of hydrogen-bond donors (Lipinski definition) is 2. The molecular formula is C24H33N5O3. The number of aryl methyl sites for hydroxylation is 1. The van der Waals surface area contributed by atoms with Gasteiger partial charge in [0, 0.05) is 25.0 Å². The second kappa shape index (κ2) is 10.2. The van der Waals surface area contributed by atoms with Crippen LogP contribution in [0.4, 0.5) is 0 Å². The monoisotopic (exact) mass is 439 g/mol. The predicted octanol–water partition coefficient (Wildman–Crippen LogP) is 2.67. The van der Waals surface area contributed by atoms with Gasteiger partial charge in [0.2, 0.25) is 5.91 Å². The van der Waals surface area contributed by atoms with Crippen molar-refractivity contribution in [3.8, 4) is 5.75 Å². The number of fused-ring (bicyclic) bond motifs is 3. The van der Waals surface area contributed by atoms with E-state index in [1.54, 1.807) is 22.6 Å². The molecule has 2 heterocycles. The van der Waals surface area contributed by atoms with Gasteiger partial charge in [-0.2, -0.15) is 5.10 Å². The van der Waals surface area contributed by atoms with Gasteiger partial charge in [-0.25, -0.2) is 0 Å². The first-order valence-corrected chi connectivity index (χ1v) is 11.7. The Kier molecular flexibility index (Phi) is 7.09. The van der Waals surface area contributed by atoms with Gasteiger partial charge in [-0.1, -0.05) is 19.3 Å². The molecule has 2 N–H and O–H groups in total. The zero-order valence-electron chi connectivity index (χ0n) is 19.0. The van der Waals surface area contributed by atoms with Gasteiger partial charge in [0.1, 0.15) is 12.3 Å². The maximum Gasteiger partial charge on any atom is 0.262 e. The molecule has 3 aromatic rings. The molecule has 32 heavy (non-hydrogen) atoms. The molecule has 1 aliphatic carbocycles. The Hall–Kier alpha value is -2.87. The molecule has 1 fully saturated rings. The van der Waals surface area contributed by atoms with Crippen LogP contribution in [0, 0.1) is 5.92 Å². The number of aromatic nitrogens is 3. The van der Waals surface area contributed by atoms with E-state index in [-0.39, 0.29) is 18.0 Å². The first kappa shape index (κ1) is 22.3. The minimum Gasteiger partial charge on any atom is -0.497 e. The average molecular weight is 440 g/mol. The number of carbonyl (C=O) groups excluding carboxylic acids is 1. The summed E-state index contributed by atoms with van der Waals surface area (Å²) < 4.78 is 8.73. The number of nitrogens with zero attached hydrogens (tertiary/aromatic N) is 3. The number of ether oxygens (including phenoxy) is 1. The van der Waals surface area contributed by atoms with Crippen molar-refractivity contribution in [2.75, 3.05) is 26.7 Å². The van der Waals surface area contributed by atoms with Crippen molar-refractivity contribution < 1.29 is 9.53 Å². The molecule has 0 bridgehead atoms. The van der Waals surface area contributed by atoms with Gasteiger partial charge >= 0.3 is 0 Å². The van der Waals surface area contributed by atoms with Gasteiger partial charge in [0.05, 0.1) is 29.7 Å². The zero-order valence-corrected chi connectivity index (χ0v) is 19.0. The number of pyridine rings is 1. The second-order valence-electron chi connectivity index (χ2n) is 8.56. The van der Waals surface area contributed by atoms with Crippen LogP contribution in [0.1, 0.15) is 39.0 Å². The third-order valence-corrected chi connectivity index (χ3v) is 6.46. The van der Waals surface area contributed by atoms with Crippen LogP contribution in [-0.2, 0) is 17.9 Å². The topological polar surface area (TPSA) is 90.2 Å². The summed E-state index contributed by atoms with van der Waals surface area (Å²) in [4.78, 5) is 25.5. The summed E-state index contributed by atoms with van der Waals surface area (Å²) >= 11 is 0. The molecule has 2 aromatic heterocycles. The number of amides is 1. The Morgan fingerprint density at radius 2 is 2.00 bits per heavy atom. The van der Waals surface area contributed by atoms with Crippen LogP contribution >= 0.6 is 0 Å². The maximum atomic E-state index is 13.0. The lowest BCUT2D eigenvalue weighted by atomic mass is 9.89. The number of benzene rings is 1. The molecule has 0 atom stereocenters. The Balaban J connectivity index is 1.46. The smallest absolute Gasteiger partial charge is 0.262 e. The van der Waals surface area contributed by atoms with Crippen molar-refractivity contribution in [1.82, 2.24) is 25.0 Å². The summed E-state index contributed by atoms with van der Waals surface area (Å²) in [7, 11) is 1.61. The Bertz CT molecular complexity index is 1140. The third kappa shape index (κ3) is 4.65. The van der Waals surface area contributed by atoms with E-state index in [1.807, 2.05) is 25.1 Å². The minimum absolute atomic E-state index is 0.0635. The molecule has 4 rings (SSSR count). The van der Waals surface area contributed by atoms with Crippen LogP contribution in [0.3, 0.4) is 0 Å². The second-order valence-corrected chi connectivity index (χ2v) is 8.56. The summed E-state index contributed by atoms with van der Waals surface area (Å²) in [5.74, 6) is 1.35. The molecule has 0 saturated heterocycles. The summed E-state index contributed by atoms with van der Waals surface area (Å²) in [6.07, 6.45) is 8.22. The van der Waals surface area contributed by atoms with E-state index < -0.39 is 0 Å². The first-order valence-electron chi connectivity index (χ1n) is 11.7. The predicted molar refractivity (Wildman–Crippen MR) is 126 cm³/mol. The van der Waals surface area contributed by atoms with Crippen LogP contribution in [-0.4, -0.2) is 47.0 Å². The van der Waals surface area contributed by atoms with Crippen LogP contribution in [0.2, 0.25) is 0 Å². The fraction of sp³-hybridized carbons (Fsp3) is 0.542. The van der Waals surface area contributed by atoms with Crippen LogP contribution in [0.5, 0.6) is 5.75 Å². The standard InChI is InChI=1S/C24H33N5O3/c1-3-28-21-10-9-18(32-2)13-19(21)23-20(24(28)31)15-27-29(23)16-22(30)26-12-11-25-14-17-7-5-4-6-8-17/h9-10,13,15,17,25H,3-8,11-12,14,16H2,1-2H3,(H,26,30). The van der Waals surface area contributed by atoms with E-state index >= 15 is 0 Å². The van der Waals surface area contributed by atoms with Crippen molar-refractivity contribution in [3.63, 3.8) is 0 Å². The molecule has 0 spiro atoms. The highest BCUT2D eigenvalue weighted by Crippen LogP contribution is 2.27. The molecular weight excluding hydrogens is 406 g/mol. The summed E-state index contributed by atoms with van der Waals surface area (Å²) in [6.45, 7) is 4.91.